The number of benzene rings is 1. The molecule has 3 heterocycles. The largest absolute Gasteiger partial charge is 0.486 e. The first-order valence-corrected chi connectivity index (χ1v) is 9.96. The molecule has 154 valence electrons. The van der Waals surface area contributed by atoms with Gasteiger partial charge in [0.1, 0.15) is 19.8 Å². The van der Waals surface area contributed by atoms with Crippen molar-refractivity contribution in [2.24, 2.45) is 0 Å². The maximum Gasteiger partial charge on any atom is 0.285 e. The van der Waals surface area contributed by atoms with Crippen LogP contribution in [-0.2, 0) is 17.9 Å². The van der Waals surface area contributed by atoms with Gasteiger partial charge in [0.25, 0.3) is 11.2 Å². The van der Waals surface area contributed by atoms with E-state index >= 15 is 0 Å². The third-order valence-electron chi connectivity index (χ3n) is 4.52. The lowest BCUT2D eigenvalue weighted by Crippen LogP contribution is -2.36. The lowest BCUT2D eigenvalue weighted by atomic mass is 10.2. The van der Waals surface area contributed by atoms with Crippen molar-refractivity contribution in [1.29, 1.82) is 0 Å². The molecule has 2 aromatic heterocycles. The van der Waals surface area contributed by atoms with Gasteiger partial charge in [-0.1, -0.05) is 6.07 Å². The van der Waals surface area contributed by atoms with Crippen molar-refractivity contribution in [3.05, 3.63) is 79.4 Å². The minimum atomic E-state index is -0.606. The molecule has 0 fully saturated rings. The van der Waals surface area contributed by atoms with Crippen LogP contribution in [0.2, 0.25) is 0 Å². The van der Waals surface area contributed by atoms with Crippen molar-refractivity contribution in [2.45, 2.75) is 13.1 Å². The highest BCUT2D eigenvalue weighted by atomic mass is 32.1. The van der Waals surface area contributed by atoms with Gasteiger partial charge in [0, 0.05) is 28.8 Å². The molecule has 0 aliphatic carbocycles. The molecular weight excluding hydrogens is 410 g/mol. The summed E-state index contributed by atoms with van der Waals surface area (Å²) in [7, 11) is 0. The molecule has 1 aliphatic rings. The van der Waals surface area contributed by atoms with Crippen LogP contribution in [0.5, 0.6) is 11.5 Å². The Bertz CT molecular complexity index is 1140. The van der Waals surface area contributed by atoms with Crippen LogP contribution in [0.15, 0.2) is 58.8 Å². The molecule has 0 saturated heterocycles. The number of carbonyl (C=O) groups excluding carboxylic acids is 1. The van der Waals surface area contributed by atoms with Gasteiger partial charge in [0.05, 0.1) is 17.7 Å². The number of aromatic nitrogens is 1. The Kier molecular flexibility index (Phi) is 5.48. The van der Waals surface area contributed by atoms with Crippen LogP contribution in [-0.4, -0.2) is 28.6 Å². The number of rotatable bonds is 6. The zero-order chi connectivity index (χ0) is 21.1. The molecule has 0 N–H and O–H groups in total. The fraction of sp³-hybridized carbons (Fsp3) is 0.200. The van der Waals surface area contributed by atoms with Crippen LogP contribution >= 0.6 is 11.3 Å². The molecule has 1 aliphatic heterocycles. The minimum absolute atomic E-state index is 0.258. The monoisotopic (exact) mass is 427 g/mol. The van der Waals surface area contributed by atoms with E-state index in [1.54, 1.807) is 18.2 Å². The molecule has 4 rings (SSSR count). The summed E-state index contributed by atoms with van der Waals surface area (Å²) in [5.74, 6) is 0.751. The van der Waals surface area contributed by atoms with E-state index in [-0.39, 0.29) is 18.1 Å². The van der Waals surface area contributed by atoms with E-state index in [0.717, 1.165) is 27.8 Å². The average Bonchev–Trinajstić information content (AvgIpc) is 3.26. The summed E-state index contributed by atoms with van der Waals surface area (Å²) in [6.07, 6.45) is 1.08. The lowest BCUT2D eigenvalue weighted by molar-refractivity contribution is -0.385. The second kappa shape index (κ2) is 8.37. The predicted molar refractivity (Wildman–Crippen MR) is 110 cm³/mol. The molecule has 3 aromatic rings. The van der Waals surface area contributed by atoms with Gasteiger partial charge in [-0.3, -0.25) is 24.3 Å². The standard InChI is InChI=1S/C20H17N3O6S/c24-19-6-4-15(23(26)27)11-21(19)13-20(25)22(12-16-2-1-9-30-16)14-3-5-17-18(10-14)29-8-7-28-17/h1-6,9-11H,7-8,12-13H2. The normalized spacial score (nSPS) is 12.4. The van der Waals surface area contributed by atoms with Crippen molar-refractivity contribution in [3.8, 4) is 11.5 Å². The number of ether oxygens (including phenoxy) is 2. The summed E-state index contributed by atoms with van der Waals surface area (Å²) in [5.41, 5.74) is -0.171. The molecule has 9 nitrogen and oxygen atoms in total. The van der Waals surface area contributed by atoms with Crippen LogP contribution in [0.25, 0.3) is 0 Å². The van der Waals surface area contributed by atoms with E-state index in [1.165, 1.54) is 16.2 Å². The predicted octanol–water partition coefficient (Wildman–Crippen LogP) is 2.82. The SMILES string of the molecule is O=C(Cn1cc([N+](=O)[O-])ccc1=O)N(Cc1cccs1)c1ccc2c(c1)OCCO2. The van der Waals surface area contributed by atoms with Crippen molar-refractivity contribution in [2.75, 3.05) is 18.1 Å². The maximum absolute atomic E-state index is 13.2. The molecule has 0 saturated carbocycles. The Hall–Kier alpha value is -3.66. The van der Waals surface area contributed by atoms with E-state index in [4.69, 9.17) is 9.47 Å². The van der Waals surface area contributed by atoms with Gasteiger partial charge < -0.3 is 14.4 Å². The molecule has 1 amide bonds. The number of hydrogen-bond donors (Lipinski definition) is 0. The number of nitrogens with zero attached hydrogens (tertiary/aromatic N) is 3. The summed E-state index contributed by atoms with van der Waals surface area (Å²) < 4.78 is 12.2. The number of hydrogen-bond acceptors (Lipinski definition) is 7. The highest BCUT2D eigenvalue weighted by molar-refractivity contribution is 7.09. The first-order valence-electron chi connectivity index (χ1n) is 9.08. The van der Waals surface area contributed by atoms with Crippen molar-refractivity contribution < 1.29 is 19.2 Å². The quantitative estimate of drug-likeness (QED) is 0.443. The van der Waals surface area contributed by atoms with Crippen LogP contribution in [0.3, 0.4) is 0 Å². The van der Waals surface area contributed by atoms with E-state index in [1.807, 2.05) is 17.5 Å². The fourth-order valence-corrected chi connectivity index (χ4v) is 3.76. The number of carbonyl (C=O) groups is 1. The summed E-state index contributed by atoms with van der Waals surface area (Å²) >= 11 is 1.50. The van der Waals surface area contributed by atoms with E-state index in [2.05, 4.69) is 0 Å². The third-order valence-corrected chi connectivity index (χ3v) is 5.38. The minimum Gasteiger partial charge on any atom is -0.486 e. The highest BCUT2D eigenvalue weighted by Crippen LogP contribution is 2.34. The Morgan fingerprint density at radius 2 is 1.97 bits per heavy atom. The molecule has 0 radical (unpaired) electrons. The molecule has 10 heteroatoms. The molecular formula is C20H17N3O6S. The van der Waals surface area contributed by atoms with Crippen molar-refractivity contribution in [1.82, 2.24) is 4.57 Å². The highest BCUT2D eigenvalue weighted by Gasteiger charge is 2.21. The zero-order valence-electron chi connectivity index (χ0n) is 15.7. The first kappa shape index (κ1) is 19.6. The number of thiophene rings is 1. The Morgan fingerprint density at radius 3 is 2.70 bits per heavy atom. The lowest BCUT2D eigenvalue weighted by Gasteiger charge is -2.25. The summed E-state index contributed by atoms with van der Waals surface area (Å²) in [5, 5.41) is 12.9. The zero-order valence-corrected chi connectivity index (χ0v) is 16.5. The number of pyridine rings is 1. The summed E-state index contributed by atoms with van der Waals surface area (Å²) in [6, 6.07) is 11.2. The fourth-order valence-electron chi connectivity index (χ4n) is 3.06. The number of fused-ring (bicyclic) bond motifs is 1. The van der Waals surface area contributed by atoms with Crippen LogP contribution < -0.4 is 19.9 Å². The molecule has 1 aromatic carbocycles. The van der Waals surface area contributed by atoms with E-state index < -0.39 is 10.5 Å². The van der Waals surface area contributed by atoms with Crippen molar-refractivity contribution in [3.63, 3.8) is 0 Å². The van der Waals surface area contributed by atoms with Crippen LogP contribution in [0.4, 0.5) is 11.4 Å². The number of anilines is 1. The molecule has 0 bridgehead atoms. The third kappa shape index (κ3) is 4.18. The van der Waals surface area contributed by atoms with Gasteiger partial charge in [0.2, 0.25) is 5.91 Å². The second-order valence-electron chi connectivity index (χ2n) is 6.50. The first-order chi connectivity index (χ1) is 14.5. The number of nitro groups is 1. The van der Waals surface area contributed by atoms with E-state index in [0.29, 0.717) is 36.9 Å². The molecule has 0 spiro atoms. The second-order valence-corrected chi connectivity index (χ2v) is 7.53. The Labute approximate surface area is 174 Å². The molecule has 0 atom stereocenters. The van der Waals surface area contributed by atoms with Crippen LogP contribution in [0, 0.1) is 10.1 Å². The van der Waals surface area contributed by atoms with E-state index in [9.17, 15) is 19.7 Å². The topological polar surface area (TPSA) is 104 Å². The average molecular weight is 427 g/mol. The van der Waals surface area contributed by atoms with Crippen LogP contribution in [0.1, 0.15) is 4.88 Å². The van der Waals surface area contributed by atoms with Gasteiger partial charge in [-0.15, -0.1) is 11.3 Å². The van der Waals surface area contributed by atoms with Gasteiger partial charge in [-0.2, -0.15) is 0 Å². The molecule has 0 unspecified atom stereocenters. The number of amides is 1. The van der Waals surface area contributed by atoms with Gasteiger partial charge in [-0.05, 0) is 23.6 Å². The van der Waals surface area contributed by atoms with Gasteiger partial charge >= 0.3 is 0 Å². The summed E-state index contributed by atoms with van der Waals surface area (Å²) in [4.78, 5) is 38.2. The summed E-state index contributed by atoms with van der Waals surface area (Å²) in [6.45, 7) is 0.832. The Balaban J connectivity index is 1.66. The van der Waals surface area contributed by atoms with Gasteiger partial charge in [0.15, 0.2) is 11.5 Å². The van der Waals surface area contributed by atoms with Gasteiger partial charge in [-0.25, -0.2) is 0 Å². The van der Waals surface area contributed by atoms with Crippen molar-refractivity contribution >= 4 is 28.6 Å². The smallest absolute Gasteiger partial charge is 0.285 e. The molecule has 30 heavy (non-hydrogen) atoms. The maximum atomic E-state index is 13.2. The Morgan fingerprint density at radius 1 is 1.17 bits per heavy atom.